The van der Waals surface area contributed by atoms with Gasteiger partial charge in [-0.25, -0.2) is 13.2 Å². The van der Waals surface area contributed by atoms with E-state index in [1.54, 1.807) is 13.0 Å². The van der Waals surface area contributed by atoms with Gasteiger partial charge in [0.2, 0.25) is 0 Å². The number of benzene rings is 2. The molecule has 0 unspecified atom stereocenters. The molecule has 5 heteroatoms. The van der Waals surface area contributed by atoms with Crippen LogP contribution in [0.4, 0.5) is 13.2 Å². The van der Waals surface area contributed by atoms with Crippen molar-refractivity contribution in [3.8, 4) is 5.75 Å². The molecule has 0 saturated carbocycles. The Morgan fingerprint density at radius 3 is 2.20 bits per heavy atom. The van der Waals surface area contributed by atoms with E-state index in [2.05, 4.69) is 0 Å². The number of rotatable bonds is 3. The van der Waals surface area contributed by atoms with Crippen molar-refractivity contribution in [2.75, 3.05) is 7.11 Å². The van der Waals surface area contributed by atoms with Crippen molar-refractivity contribution in [1.29, 1.82) is 0 Å². The fourth-order valence-corrected chi connectivity index (χ4v) is 1.86. The number of ether oxygens (including phenoxy) is 1. The zero-order valence-corrected chi connectivity index (χ0v) is 10.8. The van der Waals surface area contributed by atoms with E-state index in [1.165, 1.54) is 19.2 Å². The molecule has 0 fully saturated rings. The summed E-state index contributed by atoms with van der Waals surface area (Å²) in [5.41, 5.74) is 0.0678. The van der Waals surface area contributed by atoms with Crippen LogP contribution in [-0.2, 0) is 0 Å². The van der Waals surface area contributed by atoms with Gasteiger partial charge >= 0.3 is 0 Å². The standard InChI is InChI=1S/C15H11F3O2/c1-8-3-4-9(5-13(8)20-2)15(19)14-11(17)6-10(16)7-12(14)18/h3-7H,1-2H3. The molecule has 2 nitrogen and oxygen atoms in total. The predicted octanol–water partition coefficient (Wildman–Crippen LogP) is 3.65. The second-order valence-corrected chi connectivity index (χ2v) is 4.26. The first-order valence-electron chi connectivity index (χ1n) is 5.78. The van der Waals surface area contributed by atoms with E-state index in [9.17, 15) is 18.0 Å². The van der Waals surface area contributed by atoms with E-state index >= 15 is 0 Å². The summed E-state index contributed by atoms with van der Waals surface area (Å²) in [5.74, 6) is -3.96. The molecule has 2 rings (SSSR count). The van der Waals surface area contributed by atoms with Crippen molar-refractivity contribution in [2.45, 2.75) is 6.92 Å². The number of methoxy groups -OCH3 is 1. The number of ketones is 1. The number of hydrogen-bond acceptors (Lipinski definition) is 2. The van der Waals surface area contributed by atoms with Gasteiger partial charge in [0.05, 0.1) is 12.7 Å². The molecule has 0 atom stereocenters. The lowest BCUT2D eigenvalue weighted by atomic mass is 10.0. The molecule has 0 spiro atoms. The Hall–Kier alpha value is -2.30. The van der Waals surface area contributed by atoms with Crippen LogP contribution in [0.3, 0.4) is 0 Å². The molecule has 20 heavy (non-hydrogen) atoms. The van der Waals surface area contributed by atoms with Crippen LogP contribution in [-0.4, -0.2) is 12.9 Å². The van der Waals surface area contributed by atoms with Crippen LogP contribution >= 0.6 is 0 Å². The molecular weight excluding hydrogens is 269 g/mol. The van der Waals surface area contributed by atoms with Crippen LogP contribution in [0.5, 0.6) is 5.75 Å². The molecule has 0 aliphatic carbocycles. The van der Waals surface area contributed by atoms with Gasteiger partial charge in [-0.05, 0) is 18.6 Å². The van der Waals surface area contributed by atoms with E-state index in [0.29, 0.717) is 17.9 Å². The van der Waals surface area contributed by atoms with Gasteiger partial charge in [-0.3, -0.25) is 4.79 Å². The number of aryl methyl sites for hydroxylation is 1. The second kappa shape index (κ2) is 5.36. The minimum Gasteiger partial charge on any atom is -0.496 e. The van der Waals surface area contributed by atoms with Gasteiger partial charge in [0.15, 0.2) is 5.78 Å². The van der Waals surface area contributed by atoms with Crippen molar-refractivity contribution in [3.05, 3.63) is 64.5 Å². The Morgan fingerprint density at radius 1 is 1.05 bits per heavy atom. The summed E-state index contributed by atoms with van der Waals surface area (Å²) in [5, 5.41) is 0. The van der Waals surface area contributed by atoms with Gasteiger partial charge < -0.3 is 4.74 Å². The summed E-state index contributed by atoms with van der Waals surface area (Å²) in [6, 6.07) is 5.37. The molecule has 104 valence electrons. The zero-order chi connectivity index (χ0) is 14.9. The van der Waals surface area contributed by atoms with E-state index < -0.39 is 28.8 Å². The van der Waals surface area contributed by atoms with Crippen molar-refractivity contribution < 1.29 is 22.7 Å². The molecule has 0 aliphatic rings. The minimum atomic E-state index is -1.23. The van der Waals surface area contributed by atoms with Crippen LogP contribution in [0.1, 0.15) is 21.5 Å². The average molecular weight is 280 g/mol. The maximum absolute atomic E-state index is 13.6. The first-order chi connectivity index (χ1) is 9.43. The molecule has 2 aromatic rings. The van der Waals surface area contributed by atoms with Gasteiger partial charge in [0.25, 0.3) is 0 Å². The van der Waals surface area contributed by atoms with Crippen LogP contribution in [0.15, 0.2) is 30.3 Å². The first-order valence-corrected chi connectivity index (χ1v) is 5.78. The third-order valence-corrected chi connectivity index (χ3v) is 2.90. The summed E-state index contributed by atoms with van der Waals surface area (Å²) >= 11 is 0. The van der Waals surface area contributed by atoms with Gasteiger partial charge in [-0.15, -0.1) is 0 Å². The van der Waals surface area contributed by atoms with Gasteiger partial charge in [0.1, 0.15) is 23.2 Å². The van der Waals surface area contributed by atoms with Crippen molar-refractivity contribution in [1.82, 2.24) is 0 Å². The fraction of sp³-hybridized carbons (Fsp3) is 0.133. The van der Waals surface area contributed by atoms with Crippen LogP contribution in [0, 0.1) is 24.4 Å². The number of carbonyl (C=O) groups excluding carboxylic acids is 1. The highest BCUT2D eigenvalue weighted by Gasteiger charge is 2.21. The molecule has 0 heterocycles. The van der Waals surface area contributed by atoms with E-state index in [-0.39, 0.29) is 5.56 Å². The molecule has 0 amide bonds. The highest BCUT2D eigenvalue weighted by Crippen LogP contribution is 2.23. The molecular formula is C15H11F3O2. The Labute approximate surface area is 113 Å². The summed E-state index contributed by atoms with van der Waals surface area (Å²) < 4.78 is 45.0. The topological polar surface area (TPSA) is 26.3 Å². The monoisotopic (exact) mass is 280 g/mol. The molecule has 0 N–H and O–H groups in total. The fourth-order valence-electron chi connectivity index (χ4n) is 1.86. The van der Waals surface area contributed by atoms with Gasteiger partial charge in [0, 0.05) is 17.7 Å². The molecule has 0 radical (unpaired) electrons. The normalized spacial score (nSPS) is 10.4. The zero-order valence-electron chi connectivity index (χ0n) is 10.8. The molecule has 0 saturated heterocycles. The molecule has 0 aliphatic heterocycles. The Bertz CT molecular complexity index is 658. The largest absolute Gasteiger partial charge is 0.496 e. The Kier molecular flexibility index (Phi) is 3.79. The third-order valence-electron chi connectivity index (χ3n) is 2.90. The van der Waals surface area contributed by atoms with Crippen LogP contribution in [0.25, 0.3) is 0 Å². The predicted molar refractivity (Wildman–Crippen MR) is 67.5 cm³/mol. The maximum atomic E-state index is 13.6. The van der Waals surface area contributed by atoms with Crippen LogP contribution < -0.4 is 4.74 Å². The lowest BCUT2D eigenvalue weighted by Crippen LogP contribution is -2.08. The summed E-state index contributed by atoms with van der Waals surface area (Å²) in [6.07, 6.45) is 0. The minimum absolute atomic E-state index is 0.0665. The summed E-state index contributed by atoms with van der Waals surface area (Å²) in [7, 11) is 1.43. The average Bonchev–Trinajstić information content (AvgIpc) is 2.37. The third kappa shape index (κ3) is 2.52. The SMILES string of the molecule is COc1cc(C(=O)c2c(F)cc(F)cc2F)ccc1C. The number of hydrogen-bond donors (Lipinski definition) is 0. The lowest BCUT2D eigenvalue weighted by Gasteiger charge is -2.08. The first kappa shape index (κ1) is 14.1. The van der Waals surface area contributed by atoms with Crippen molar-refractivity contribution in [3.63, 3.8) is 0 Å². The molecule has 2 aromatic carbocycles. The van der Waals surface area contributed by atoms with E-state index in [1.807, 2.05) is 0 Å². The number of halogens is 3. The number of carbonyl (C=O) groups is 1. The van der Waals surface area contributed by atoms with Gasteiger partial charge in [-0.1, -0.05) is 12.1 Å². The van der Waals surface area contributed by atoms with E-state index in [4.69, 9.17) is 4.74 Å². The van der Waals surface area contributed by atoms with Crippen LogP contribution in [0.2, 0.25) is 0 Å². The summed E-state index contributed by atoms with van der Waals surface area (Å²) in [4.78, 5) is 12.1. The quantitative estimate of drug-likeness (QED) is 0.802. The highest BCUT2D eigenvalue weighted by molar-refractivity contribution is 6.09. The van der Waals surface area contributed by atoms with Crippen molar-refractivity contribution >= 4 is 5.78 Å². The van der Waals surface area contributed by atoms with Crippen molar-refractivity contribution in [2.24, 2.45) is 0 Å². The summed E-state index contributed by atoms with van der Waals surface area (Å²) in [6.45, 7) is 1.77. The highest BCUT2D eigenvalue weighted by atomic mass is 19.1. The maximum Gasteiger partial charge on any atom is 0.199 e. The smallest absolute Gasteiger partial charge is 0.199 e. The van der Waals surface area contributed by atoms with E-state index in [0.717, 1.165) is 5.56 Å². The molecule has 0 aromatic heterocycles. The Morgan fingerprint density at radius 2 is 1.65 bits per heavy atom. The second-order valence-electron chi connectivity index (χ2n) is 4.26. The lowest BCUT2D eigenvalue weighted by molar-refractivity contribution is 0.103. The molecule has 0 bridgehead atoms. The Balaban J connectivity index is 2.52. The van der Waals surface area contributed by atoms with Gasteiger partial charge in [-0.2, -0.15) is 0 Å².